The lowest BCUT2D eigenvalue weighted by Crippen LogP contribution is -2.24. The maximum atomic E-state index is 13.4. The first-order chi connectivity index (χ1) is 8.58. The molecule has 1 rings (SSSR count). The SMILES string of the molecule is COC(=O)[C@H](C)Oc1ccc(F)c(CCCO)c1. The number of aliphatic hydroxyl groups is 1. The lowest BCUT2D eigenvalue weighted by atomic mass is 10.1. The van der Waals surface area contributed by atoms with Gasteiger partial charge in [0.1, 0.15) is 11.6 Å². The molecule has 5 heteroatoms. The minimum absolute atomic E-state index is 0.00306. The van der Waals surface area contributed by atoms with Gasteiger partial charge in [0.2, 0.25) is 0 Å². The van der Waals surface area contributed by atoms with Crippen molar-refractivity contribution < 1.29 is 23.8 Å². The van der Waals surface area contributed by atoms with Crippen LogP contribution < -0.4 is 4.74 Å². The number of aryl methyl sites for hydroxylation is 1. The summed E-state index contributed by atoms with van der Waals surface area (Å²) >= 11 is 0. The molecule has 0 amide bonds. The van der Waals surface area contributed by atoms with Gasteiger partial charge >= 0.3 is 5.97 Å². The number of halogens is 1. The number of rotatable bonds is 6. The lowest BCUT2D eigenvalue weighted by molar-refractivity contribution is -0.147. The Morgan fingerprint density at radius 2 is 2.22 bits per heavy atom. The minimum atomic E-state index is -0.744. The van der Waals surface area contributed by atoms with Crippen LogP contribution in [0.25, 0.3) is 0 Å². The average Bonchev–Trinajstić information content (AvgIpc) is 2.38. The van der Waals surface area contributed by atoms with Crippen LogP contribution in [0.4, 0.5) is 4.39 Å². The van der Waals surface area contributed by atoms with Crippen LogP contribution in [0.3, 0.4) is 0 Å². The maximum absolute atomic E-state index is 13.4. The number of hydrogen-bond donors (Lipinski definition) is 1. The van der Waals surface area contributed by atoms with Crippen molar-refractivity contribution in [3.05, 3.63) is 29.6 Å². The van der Waals surface area contributed by atoms with E-state index in [4.69, 9.17) is 9.84 Å². The van der Waals surface area contributed by atoms with E-state index in [1.54, 1.807) is 6.92 Å². The predicted octanol–water partition coefficient (Wildman–Crippen LogP) is 1.69. The monoisotopic (exact) mass is 256 g/mol. The Kier molecular flexibility index (Phi) is 5.58. The number of hydrogen-bond acceptors (Lipinski definition) is 4. The van der Waals surface area contributed by atoms with Crippen molar-refractivity contribution in [3.63, 3.8) is 0 Å². The van der Waals surface area contributed by atoms with Crippen molar-refractivity contribution in [2.45, 2.75) is 25.9 Å². The number of benzene rings is 1. The fourth-order valence-electron chi connectivity index (χ4n) is 1.50. The molecule has 0 heterocycles. The molecule has 1 atom stereocenters. The van der Waals surface area contributed by atoms with Crippen LogP contribution >= 0.6 is 0 Å². The number of ether oxygens (including phenoxy) is 2. The summed E-state index contributed by atoms with van der Waals surface area (Å²) < 4.78 is 23.3. The Bertz CT molecular complexity index is 406. The third-order valence-electron chi connectivity index (χ3n) is 2.47. The molecular weight excluding hydrogens is 239 g/mol. The zero-order valence-corrected chi connectivity index (χ0v) is 10.5. The molecule has 0 radical (unpaired) electrons. The van der Waals surface area contributed by atoms with Gasteiger partial charge in [-0.25, -0.2) is 9.18 Å². The summed E-state index contributed by atoms with van der Waals surface area (Å²) in [5, 5.41) is 8.72. The number of esters is 1. The topological polar surface area (TPSA) is 55.8 Å². The molecule has 1 N–H and O–H groups in total. The standard InChI is InChI=1S/C13H17FO4/c1-9(13(16)17-2)18-11-5-6-12(14)10(8-11)4-3-7-15/h5-6,8-9,15H,3-4,7H2,1-2H3/t9-/m0/s1. The molecule has 0 aromatic heterocycles. The van der Waals surface area contributed by atoms with Crippen LogP contribution in [0, 0.1) is 5.82 Å². The summed E-state index contributed by atoms with van der Waals surface area (Å²) in [4.78, 5) is 11.2. The highest BCUT2D eigenvalue weighted by molar-refractivity contribution is 5.74. The number of methoxy groups -OCH3 is 1. The highest BCUT2D eigenvalue weighted by Gasteiger charge is 2.15. The van der Waals surface area contributed by atoms with Gasteiger partial charge in [-0.2, -0.15) is 0 Å². The fraction of sp³-hybridized carbons (Fsp3) is 0.462. The van der Waals surface area contributed by atoms with E-state index in [0.29, 0.717) is 24.2 Å². The first-order valence-electron chi connectivity index (χ1n) is 5.72. The Labute approximate surface area is 105 Å². The van der Waals surface area contributed by atoms with Crippen LogP contribution in [0.1, 0.15) is 18.9 Å². The molecule has 0 unspecified atom stereocenters. The van der Waals surface area contributed by atoms with Crippen molar-refractivity contribution >= 4 is 5.97 Å². The summed E-state index contributed by atoms with van der Waals surface area (Å²) in [5.41, 5.74) is 0.457. The Morgan fingerprint density at radius 1 is 1.50 bits per heavy atom. The van der Waals surface area contributed by atoms with E-state index in [1.165, 1.54) is 25.3 Å². The fourth-order valence-corrected chi connectivity index (χ4v) is 1.50. The van der Waals surface area contributed by atoms with Crippen LogP contribution in [-0.4, -0.2) is 30.9 Å². The second-order valence-corrected chi connectivity index (χ2v) is 3.86. The average molecular weight is 256 g/mol. The van der Waals surface area contributed by atoms with E-state index in [1.807, 2.05) is 0 Å². The summed E-state index contributed by atoms with van der Waals surface area (Å²) in [6.07, 6.45) is 0.158. The third kappa shape index (κ3) is 4.00. The molecule has 0 aliphatic rings. The predicted molar refractivity (Wildman–Crippen MR) is 63.9 cm³/mol. The van der Waals surface area contributed by atoms with Gasteiger partial charge < -0.3 is 14.6 Å². The van der Waals surface area contributed by atoms with Crippen molar-refractivity contribution in [2.24, 2.45) is 0 Å². The third-order valence-corrected chi connectivity index (χ3v) is 2.47. The Morgan fingerprint density at radius 3 is 2.83 bits per heavy atom. The van der Waals surface area contributed by atoms with E-state index in [0.717, 1.165) is 0 Å². The Balaban J connectivity index is 2.75. The van der Waals surface area contributed by atoms with E-state index in [-0.39, 0.29) is 12.4 Å². The van der Waals surface area contributed by atoms with E-state index >= 15 is 0 Å². The van der Waals surface area contributed by atoms with Gasteiger partial charge in [-0.15, -0.1) is 0 Å². The van der Waals surface area contributed by atoms with E-state index < -0.39 is 12.1 Å². The zero-order chi connectivity index (χ0) is 13.5. The van der Waals surface area contributed by atoms with Gasteiger partial charge in [-0.3, -0.25) is 0 Å². The van der Waals surface area contributed by atoms with Gasteiger partial charge in [0, 0.05) is 6.61 Å². The summed E-state index contributed by atoms with van der Waals surface area (Å²) in [6.45, 7) is 1.56. The molecule has 0 bridgehead atoms. The van der Waals surface area contributed by atoms with E-state index in [9.17, 15) is 9.18 Å². The molecular formula is C13H17FO4. The quantitative estimate of drug-likeness (QED) is 0.787. The van der Waals surface area contributed by atoms with Gasteiger partial charge in [0.05, 0.1) is 7.11 Å². The van der Waals surface area contributed by atoms with Crippen molar-refractivity contribution in [3.8, 4) is 5.75 Å². The zero-order valence-electron chi connectivity index (χ0n) is 10.5. The highest BCUT2D eigenvalue weighted by atomic mass is 19.1. The van der Waals surface area contributed by atoms with Crippen LogP contribution in [-0.2, 0) is 16.0 Å². The molecule has 1 aromatic carbocycles. The van der Waals surface area contributed by atoms with Gasteiger partial charge in [0.25, 0.3) is 0 Å². The molecule has 1 aromatic rings. The normalized spacial score (nSPS) is 12.0. The summed E-state index contributed by atoms with van der Waals surface area (Å²) in [6, 6.07) is 4.27. The van der Waals surface area contributed by atoms with Crippen molar-refractivity contribution in [1.82, 2.24) is 0 Å². The maximum Gasteiger partial charge on any atom is 0.346 e. The van der Waals surface area contributed by atoms with Crippen LogP contribution in [0.5, 0.6) is 5.75 Å². The van der Waals surface area contributed by atoms with Crippen molar-refractivity contribution in [2.75, 3.05) is 13.7 Å². The molecule has 0 spiro atoms. The number of carbonyl (C=O) groups is 1. The van der Waals surface area contributed by atoms with Gasteiger partial charge in [0.15, 0.2) is 6.10 Å². The molecule has 0 aliphatic heterocycles. The van der Waals surface area contributed by atoms with Crippen LogP contribution in [0.2, 0.25) is 0 Å². The second kappa shape index (κ2) is 6.96. The summed E-state index contributed by atoms with van der Waals surface area (Å²) in [5.74, 6) is -0.431. The van der Waals surface area contributed by atoms with Gasteiger partial charge in [-0.1, -0.05) is 0 Å². The molecule has 0 saturated carbocycles. The molecule has 18 heavy (non-hydrogen) atoms. The largest absolute Gasteiger partial charge is 0.479 e. The first-order valence-corrected chi connectivity index (χ1v) is 5.72. The Hall–Kier alpha value is -1.62. The number of aliphatic hydroxyl groups excluding tert-OH is 1. The molecule has 100 valence electrons. The van der Waals surface area contributed by atoms with Crippen LogP contribution in [0.15, 0.2) is 18.2 Å². The van der Waals surface area contributed by atoms with E-state index in [2.05, 4.69) is 4.74 Å². The second-order valence-electron chi connectivity index (χ2n) is 3.86. The van der Waals surface area contributed by atoms with Gasteiger partial charge in [-0.05, 0) is 43.5 Å². The molecule has 4 nitrogen and oxygen atoms in total. The summed E-state index contributed by atoms with van der Waals surface area (Å²) in [7, 11) is 1.28. The van der Waals surface area contributed by atoms with Crippen molar-refractivity contribution in [1.29, 1.82) is 0 Å². The smallest absolute Gasteiger partial charge is 0.346 e. The lowest BCUT2D eigenvalue weighted by Gasteiger charge is -2.13. The highest BCUT2D eigenvalue weighted by Crippen LogP contribution is 2.19. The molecule has 0 aliphatic carbocycles. The molecule has 0 saturated heterocycles. The molecule has 0 fully saturated rings. The first kappa shape index (κ1) is 14.4. The number of carbonyl (C=O) groups excluding carboxylic acids is 1. The minimum Gasteiger partial charge on any atom is -0.479 e.